The number of rotatable bonds is 3. The van der Waals surface area contributed by atoms with E-state index in [-0.39, 0.29) is 5.56 Å². The standard InChI is InChI=1S/C12H10ClFN2O2/c1-7-10(12(17)18)5-15-16(7)6-8-2-3-9(14)4-11(8)13/h2-5H,6H2,1H3,(H,17,18). The molecule has 0 aliphatic heterocycles. The van der Waals surface area contributed by atoms with E-state index in [9.17, 15) is 9.18 Å². The van der Waals surface area contributed by atoms with Crippen LogP contribution in [0.1, 0.15) is 21.6 Å². The van der Waals surface area contributed by atoms with Gasteiger partial charge in [-0.2, -0.15) is 5.10 Å². The van der Waals surface area contributed by atoms with Gasteiger partial charge in [-0.15, -0.1) is 0 Å². The first-order valence-electron chi connectivity index (χ1n) is 5.18. The van der Waals surface area contributed by atoms with E-state index in [0.29, 0.717) is 22.8 Å². The second-order valence-electron chi connectivity index (χ2n) is 3.84. The van der Waals surface area contributed by atoms with Gasteiger partial charge < -0.3 is 5.11 Å². The molecule has 1 aromatic heterocycles. The van der Waals surface area contributed by atoms with Crippen molar-refractivity contribution in [3.05, 3.63) is 52.1 Å². The zero-order valence-corrected chi connectivity index (χ0v) is 10.3. The third-order valence-corrected chi connectivity index (χ3v) is 3.02. The number of carboxylic acids is 1. The summed E-state index contributed by atoms with van der Waals surface area (Å²) in [7, 11) is 0. The molecule has 0 saturated carbocycles. The minimum atomic E-state index is -1.02. The summed E-state index contributed by atoms with van der Waals surface area (Å²) in [5.74, 6) is -1.43. The maximum atomic E-state index is 12.9. The van der Waals surface area contributed by atoms with Crippen LogP contribution in [-0.4, -0.2) is 20.9 Å². The number of halogens is 2. The molecule has 0 unspecified atom stereocenters. The van der Waals surface area contributed by atoms with E-state index in [1.165, 1.54) is 23.0 Å². The van der Waals surface area contributed by atoms with Gasteiger partial charge in [-0.25, -0.2) is 9.18 Å². The molecule has 0 atom stereocenters. The predicted octanol–water partition coefficient (Wildman–Crippen LogP) is 2.73. The summed E-state index contributed by atoms with van der Waals surface area (Å²) in [6, 6.07) is 4.07. The number of hydrogen-bond acceptors (Lipinski definition) is 2. The molecule has 0 aliphatic carbocycles. The van der Waals surface area contributed by atoms with Crippen molar-refractivity contribution in [1.29, 1.82) is 0 Å². The summed E-state index contributed by atoms with van der Waals surface area (Å²) in [6.07, 6.45) is 1.29. The molecule has 0 saturated heterocycles. The van der Waals surface area contributed by atoms with Gasteiger partial charge in [0.25, 0.3) is 0 Å². The normalized spacial score (nSPS) is 10.6. The summed E-state index contributed by atoms with van der Waals surface area (Å²) in [5, 5.41) is 13.2. The van der Waals surface area contributed by atoms with Gasteiger partial charge in [0, 0.05) is 5.02 Å². The molecule has 0 aliphatic rings. The van der Waals surface area contributed by atoms with E-state index in [4.69, 9.17) is 16.7 Å². The van der Waals surface area contributed by atoms with Crippen LogP contribution in [0.25, 0.3) is 0 Å². The van der Waals surface area contributed by atoms with Gasteiger partial charge >= 0.3 is 5.97 Å². The Balaban J connectivity index is 2.32. The summed E-state index contributed by atoms with van der Waals surface area (Å²) < 4.78 is 14.4. The Morgan fingerprint density at radius 3 is 2.83 bits per heavy atom. The number of hydrogen-bond donors (Lipinski definition) is 1. The largest absolute Gasteiger partial charge is 0.478 e. The Morgan fingerprint density at radius 2 is 2.28 bits per heavy atom. The zero-order chi connectivity index (χ0) is 13.3. The molecular weight excluding hydrogens is 259 g/mol. The third kappa shape index (κ3) is 2.36. The van der Waals surface area contributed by atoms with Crippen molar-refractivity contribution in [3.63, 3.8) is 0 Å². The van der Waals surface area contributed by atoms with Crippen molar-refractivity contribution in [2.75, 3.05) is 0 Å². The van der Waals surface area contributed by atoms with Crippen LogP contribution in [0, 0.1) is 12.7 Å². The first kappa shape index (κ1) is 12.6. The van der Waals surface area contributed by atoms with Gasteiger partial charge in [0.1, 0.15) is 11.4 Å². The molecule has 1 heterocycles. The van der Waals surface area contributed by atoms with E-state index < -0.39 is 11.8 Å². The minimum absolute atomic E-state index is 0.147. The van der Waals surface area contributed by atoms with Crippen LogP contribution < -0.4 is 0 Å². The molecule has 1 aromatic carbocycles. The van der Waals surface area contributed by atoms with Crippen molar-refractivity contribution < 1.29 is 14.3 Å². The number of carboxylic acid groups (broad SMARTS) is 1. The SMILES string of the molecule is Cc1c(C(=O)O)cnn1Cc1ccc(F)cc1Cl. The van der Waals surface area contributed by atoms with Crippen LogP contribution >= 0.6 is 11.6 Å². The molecule has 0 amide bonds. The summed E-state index contributed by atoms with van der Waals surface area (Å²) in [5.41, 5.74) is 1.36. The molecule has 0 fully saturated rings. The first-order valence-corrected chi connectivity index (χ1v) is 5.56. The van der Waals surface area contributed by atoms with E-state index in [2.05, 4.69) is 5.10 Å². The average Bonchev–Trinajstić information content (AvgIpc) is 2.64. The van der Waals surface area contributed by atoms with Gasteiger partial charge in [-0.05, 0) is 24.6 Å². The second-order valence-corrected chi connectivity index (χ2v) is 4.25. The maximum absolute atomic E-state index is 12.9. The van der Waals surface area contributed by atoms with E-state index in [1.807, 2.05) is 0 Å². The molecule has 0 radical (unpaired) electrons. The molecule has 0 bridgehead atoms. The quantitative estimate of drug-likeness (QED) is 0.931. The number of carbonyl (C=O) groups is 1. The number of benzene rings is 1. The molecule has 94 valence electrons. The Labute approximate surface area is 108 Å². The first-order chi connectivity index (χ1) is 8.49. The van der Waals surface area contributed by atoms with Crippen LogP contribution in [-0.2, 0) is 6.54 Å². The highest BCUT2D eigenvalue weighted by Crippen LogP contribution is 2.19. The van der Waals surface area contributed by atoms with Gasteiger partial charge in [-0.3, -0.25) is 4.68 Å². The molecule has 6 heteroatoms. The predicted molar refractivity (Wildman–Crippen MR) is 64.4 cm³/mol. The fraction of sp³-hybridized carbons (Fsp3) is 0.167. The molecule has 1 N–H and O–H groups in total. The van der Waals surface area contributed by atoms with Crippen LogP contribution in [0.4, 0.5) is 4.39 Å². The lowest BCUT2D eigenvalue weighted by molar-refractivity contribution is 0.0696. The summed E-state index contributed by atoms with van der Waals surface area (Å²) in [4.78, 5) is 10.9. The highest BCUT2D eigenvalue weighted by atomic mass is 35.5. The minimum Gasteiger partial charge on any atom is -0.478 e. The Hall–Kier alpha value is -1.88. The lowest BCUT2D eigenvalue weighted by atomic mass is 10.2. The van der Waals surface area contributed by atoms with Crippen molar-refractivity contribution in [2.45, 2.75) is 13.5 Å². The molecule has 0 spiro atoms. The van der Waals surface area contributed by atoms with Gasteiger partial charge in [0.15, 0.2) is 0 Å². The highest BCUT2D eigenvalue weighted by Gasteiger charge is 2.13. The fourth-order valence-electron chi connectivity index (χ4n) is 1.63. The molecule has 2 aromatic rings. The lowest BCUT2D eigenvalue weighted by Gasteiger charge is -2.07. The molecule has 4 nitrogen and oxygen atoms in total. The van der Waals surface area contributed by atoms with Crippen LogP contribution in [0.3, 0.4) is 0 Å². The molecule has 2 rings (SSSR count). The van der Waals surface area contributed by atoms with Crippen molar-refractivity contribution in [2.24, 2.45) is 0 Å². The fourth-order valence-corrected chi connectivity index (χ4v) is 1.85. The monoisotopic (exact) mass is 268 g/mol. The summed E-state index contributed by atoms with van der Waals surface area (Å²) in [6.45, 7) is 1.96. The van der Waals surface area contributed by atoms with E-state index >= 15 is 0 Å². The Bertz CT molecular complexity index is 610. The van der Waals surface area contributed by atoms with Crippen molar-refractivity contribution >= 4 is 17.6 Å². The zero-order valence-electron chi connectivity index (χ0n) is 9.52. The number of nitrogens with zero attached hydrogens (tertiary/aromatic N) is 2. The Kier molecular flexibility index (Phi) is 3.34. The third-order valence-electron chi connectivity index (χ3n) is 2.67. The van der Waals surface area contributed by atoms with E-state index in [0.717, 1.165) is 0 Å². The van der Waals surface area contributed by atoms with Crippen LogP contribution in [0.15, 0.2) is 24.4 Å². The second kappa shape index (κ2) is 4.78. The summed E-state index contributed by atoms with van der Waals surface area (Å²) >= 11 is 5.90. The molecule has 18 heavy (non-hydrogen) atoms. The van der Waals surface area contributed by atoms with Gasteiger partial charge in [-0.1, -0.05) is 17.7 Å². The van der Waals surface area contributed by atoms with Crippen LogP contribution in [0.5, 0.6) is 0 Å². The number of aromatic carboxylic acids is 1. The van der Waals surface area contributed by atoms with Gasteiger partial charge in [0.2, 0.25) is 0 Å². The topological polar surface area (TPSA) is 55.1 Å². The lowest BCUT2D eigenvalue weighted by Crippen LogP contribution is -2.06. The highest BCUT2D eigenvalue weighted by molar-refractivity contribution is 6.31. The van der Waals surface area contributed by atoms with Crippen LogP contribution in [0.2, 0.25) is 5.02 Å². The Morgan fingerprint density at radius 1 is 1.56 bits per heavy atom. The smallest absolute Gasteiger partial charge is 0.339 e. The van der Waals surface area contributed by atoms with Crippen molar-refractivity contribution in [1.82, 2.24) is 9.78 Å². The van der Waals surface area contributed by atoms with Gasteiger partial charge in [0.05, 0.1) is 18.4 Å². The average molecular weight is 269 g/mol. The maximum Gasteiger partial charge on any atom is 0.339 e. The molecular formula is C12H10ClFN2O2. The van der Waals surface area contributed by atoms with Crippen molar-refractivity contribution in [3.8, 4) is 0 Å². The van der Waals surface area contributed by atoms with E-state index in [1.54, 1.807) is 13.0 Å². The number of aromatic nitrogens is 2.